The van der Waals surface area contributed by atoms with Crippen LogP contribution in [-0.2, 0) is 0 Å². The molecule has 0 unspecified atom stereocenters. The highest BCUT2D eigenvalue weighted by Gasteiger charge is 2.33. The Morgan fingerprint density at radius 3 is 2.60 bits per heavy atom. The summed E-state index contributed by atoms with van der Waals surface area (Å²) < 4.78 is 7.19. The van der Waals surface area contributed by atoms with E-state index in [4.69, 9.17) is 4.74 Å². The summed E-state index contributed by atoms with van der Waals surface area (Å²) >= 11 is 8.23. The van der Waals surface area contributed by atoms with Gasteiger partial charge in [-0.3, -0.25) is 0 Å². The lowest BCUT2D eigenvalue weighted by Gasteiger charge is -2.27. The Balaban J connectivity index is 1.82. The molecule has 106 valence electrons. The van der Waals surface area contributed by atoms with Gasteiger partial charge in [-0.05, 0) is 51.4 Å². The average Bonchev–Trinajstić information content (AvgIpc) is 2.96. The second-order valence-electron chi connectivity index (χ2n) is 5.75. The van der Waals surface area contributed by atoms with Crippen molar-refractivity contribution in [2.45, 2.75) is 25.7 Å². The molecule has 0 amide bonds. The minimum absolute atomic E-state index is 0.272. The van der Waals surface area contributed by atoms with Crippen LogP contribution in [0.2, 0.25) is 0 Å². The average molecular weight is 351 g/mol. The number of rotatable bonds is 4. The molecule has 0 saturated heterocycles. The third-order valence-corrected chi connectivity index (χ3v) is 5.85. The lowest BCUT2D eigenvalue weighted by molar-refractivity contribution is 0.172. The minimum atomic E-state index is 0.272. The summed E-state index contributed by atoms with van der Waals surface area (Å²) in [6.45, 7) is 0.771. The summed E-state index contributed by atoms with van der Waals surface area (Å²) in [4.78, 5) is 0. The first kappa shape index (κ1) is 14.3. The first-order valence-electron chi connectivity index (χ1n) is 7.15. The van der Waals surface area contributed by atoms with Gasteiger partial charge < -0.3 is 4.74 Å². The molecule has 0 bridgehead atoms. The second kappa shape index (κ2) is 5.98. The van der Waals surface area contributed by atoms with Gasteiger partial charge in [-0.25, -0.2) is 0 Å². The first-order valence-corrected chi connectivity index (χ1v) is 8.58. The van der Waals surface area contributed by atoms with Crippen LogP contribution in [0.5, 0.6) is 5.75 Å². The summed E-state index contributed by atoms with van der Waals surface area (Å²) in [5, 5.41) is 2.44. The molecule has 1 aliphatic rings. The summed E-state index contributed by atoms with van der Waals surface area (Å²) in [6, 6.07) is 12.5. The second-order valence-corrected chi connectivity index (χ2v) is 6.86. The smallest absolute Gasteiger partial charge is 0.134 e. The molecule has 0 atom stereocenters. The van der Waals surface area contributed by atoms with E-state index in [0.717, 1.165) is 22.6 Å². The van der Waals surface area contributed by atoms with Crippen LogP contribution in [-0.4, -0.2) is 12.4 Å². The SMILES string of the molecule is SCC1(COc2ccc3ccccc3c2Br)CCCC1. The Morgan fingerprint density at radius 1 is 1.10 bits per heavy atom. The van der Waals surface area contributed by atoms with E-state index in [2.05, 4.69) is 65.0 Å². The topological polar surface area (TPSA) is 9.23 Å². The number of fused-ring (bicyclic) bond motifs is 1. The fourth-order valence-corrected chi connectivity index (χ4v) is 4.04. The summed E-state index contributed by atoms with van der Waals surface area (Å²) in [7, 11) is 0. The minimum Gasteiger partial charge on any atom is -0.492 e. The van der Waals surface area contributed by atoms with E-state index in [9.17, 15) is 0 Å². The van der Waals surface area contributed by atoms with Gasteiger partial charge in [0.05, 0.1) is 11.1 Å². The van der Waals surface area contributed by atoms with Crippen LogP contribution in [0.15, 0.2) is 40.9 Å². The Bertz CT molecular complexity index is 605. The zero-order valence-corrected chi connectivity index (χ0v) is 13.9. The van der Waals surface area contributed by atoms with E-state index in [1.807, 2.05) is 0 Å². The normalized spacial score (nSPS) is 17.5. The van der Waals surface area contributed by atoms with Crippen LogP contribution in [0.1, 0.15) is 25.7 Å². The molecule has 1 saturated carbocycles. The zero-order valence-electron chi connectivity index (χ0n) is 11.4. The molecule has 0 aromatic heterocycles. The Labute approximate surface area is 134 Å². The molecule has 1 aliphatic carbocycles. The van der Waals surface area contributed by atoms with Crippen LogP contribution in [0, 0.1) is 5.41 Å². The molecule has 3 rings (SSSR count). The highest BCUT2D eigenvalue weighted by atomic mass is 79.9. The number of hydrogen-bond acceptors (Lipinski definition) is 2. The molecule has 2 aromatic rings. The molecule has 0 radical (unpaired) electrons. The summed E-state index contributed by atoms with van der Waals surface area (Å²) in [5.41, 5.74) is 0.272. The first-order chi connectivity index (χ1) is 9.74. The van der Waals surface area contributed by atoms with E-state index in [-0.39, 0.29) is 5.41 Å². The van der Waals surface area contributed by atoms with Crippen molar-refractivity contribution >= 4 is 39.3 Å². The molecule has 0 N–H and O–H groups in total. The van der Waals surface area contributed by atoms with Crippen molar-refractivity contribution in [3.8, 4) is 5.75 Å². The fourth-order valence-electron chi connectivity index (χ4n) is 3.03. The van der Waals surface area contributed by atoms with Gasteiger partial charge in [0.15, 0.2) is 0 Å². The maximum Gasteiger partial charge on any atom is 0.134 e. The Morgan fingerprint density at radius 2 is 1.85 bits per heavy atom. The van der Waals surface area contributed by atoms with Crippen molar-refractivity contribution < 1.29 is 4.74 Å². The number of thiol groups is 1. The molecule has 1 nitrogen and oxygen atoms in total. The quantitative estimate of drug-likeness (QED) is 0.719. The van der Waals surface area contributed by atoms with Gasteiger partial charge in [0, 0.05) is 5.41 Å². The number of halogens is 1. The number of ether oxygens (including phenoxy) is 1. The van der Waals surface area contributed by atoms with Gasteiger partial charge >= 0.3 is 0 Å². The van der Waals surface area contributed by atoms with E-state index >= 15 is 0 Å². The van der Waals surface area contributed by atoms with Gasteiger partial charge in [0.1, 0.15) is 5.75 Å². The lowest BCUT2D eigenvalue weighted by atomic mass is 9.90. The monoisotopic (exact) mass is 350 g/mol. The predicted octanol–water partition coefficient (Wildman–Crippen LogP) is 5.47. The molecule has 0 heterocycles. The van der Waals surface area contributed by atoms with Gasteiger partial charge in [-0.1, -0.05) is 43.2 Å². The van der Waals surface area contributed by atoms with Gasteiger partial charge in [0.25, 0.3) is 0 Å². The highest BCUT2D eigenvalue weighted by Crippen LogP contribution is 2.41. The van der Waals surface area contributed by atoms with E-state index in [0.29, 0.717) is 0 Å². The molecule has 3 heteroatoms. The maximum atomic E-state index is 6.13. The van der Waals surface area contributed by atoms with Crippen molar-refractivity contribution in [2.75, 3.05) is 12.4 Å². The largest absolute Gasteiger partial charge is 0.492 e. The van der Waals surface area contributed by atoms with Crippen LogP contribution >= 0.6 is 28.6 Å². The van der Waals surface area contributed by atoms with Crippen LogP contribution < -0.4 is 4.74 Å². The number of hydrogen-bond donors (Lipinski definition) is 1. The van der Waals surface area contributed by atoms with E-state index in [1.165, 1.54) is 36.5 Å². The Kier molecular flexibility index (Phi) is 4.27. The van der Waals surface area contributed by atoms with Gasteiger partial charge in [-0.2, -0.15) is 12.6 Å². The number of benzene rings is 2. The van der Waals surface area contributed by atoms with Gasteiger partial charge in [-0.15, -0.1) is 0 Å². The summed E-state index contributed by atoms with van der Waals surface area (Å²) in [5.74, 6) is 1.86. The van der Waals surface area contributed by atoms with Crippen molar-refractivity contribution in [2.24, 2.45) is 5.41 Å². The highest BCUT2D eigenvalue weighted by molar-refractivity contribution is 9.10. The zero-order chi connectivity index (χ0) is 14.0. The third kappa shape index (κ3) is 2.71. The molecule has 0 aliphatic heterocycles. The molecule has 20 heavy (non-hydrogen) atoms. The standard InChI is InChI=1S/C17H19BrOS/c18-16-14-6-2-1-5-13(14)7-8-15(16)19-11-17(12-20)9-3-4-10-17/h1-2,5-8,20H,3-4,9-12H2. The molecule has 0 spiro atoms. The van der Waals surface area contributed by atoms with Crippen molar-refractivity contribution in [1.82, 2.24) is 0 Å². The van der Waals surface area contributed by atoms with Gasteiger partial charge in [0.2, 0.25) is 0 Å². The van der Waals surface area contributed by atoms with Crippen LogP contribution in [0.3, 0.4) is 0 Å². The summed E-state index contributed by atoms with van der Waals surface area (Å²) in [6.07, 6.45) is 5.09. The van der Waals surface area contributed by atoms with E-state index < -0.39 is 0 Å². The van der Waals surface area contributed by atoms with Crippen LogP contribution in [0.25, 0.3) is 10.8 Å². The van der Waals surface area contributed by atoms with Crippen molar-refractivity contribution in [3.05, 3.63) is 40.9 Å². The molecular weight excluding hydrogens is 332 g/mol. The van der Waals surface area contributed by atoms with Crippen molar-refractivity contribution in [1.29, 1.82) is 0 Å². The van der Waals surface area contributed by atoms with Crippen molar-refractivity contribution in [3.63, 3.8) is 0 Å². The maximum absolute atomic E-state index is 6.13. The third-order valence-electron chi connectivity index (χ3n) is 4.36. The van der Waals surface area contributed by atoms with E-state index in [1.54, 1.807) is 0 Å². The molecule has 2 aromatic carbocycles. The Hall–Kier alpha value is -0.670. The molecule has 1 fully saturated rings. The molecular formula is C17H19BrOS. The lowest BCUT2D eigenvalue weighted by Crippen LogP contribution is -2.27. The predicted molar refractivity (Wildman–Crippen MR) is 91.9 cm³/mol. The van der Waals surface area contributed by atoms with Crippen LogP contribution in [0.4, 0.5) is 0 Å². The fraction of sp³-hybridized carbons (Fsp3) is 0.412.